The van der Waals surface area contributed by atoms with Crippen LogP contribution in [0, 0.1) is 0 Å². The van der Waals surface area contributed by atoms with Gasteiger partial charge in [0.1, 0.15) is 0 Å². The van der Waals surface area contributed by atoms with Crippen LogP contribution in [-0.4, -0.2) is 30.1 Å². The number of carbonyl (C=O) groups excluding carboxylic acids is 1. The minimum absolute atomic E-state index is 0.339. The lowest BCUT2D eigenvalue weighted by atomic mass is 10.0. The minimum atomic E-state index is -1.24. The number of aliphatic hydroxyl groups is 1. The highest BCUT2D eigenvalue weighted by atomic mass is 16.7. The molecule has 1 heterocycles. The number of cyclic esters (lactones) is 1. The molecule has 2 atom stereocenters. The molecule has 1 N–H and O–H groups in total. The summed E-state index contributed by atoms with van der Waals surface area (Å²) in [7, 11) is 1.43. The summed E-state index contributed by atoms with van der Waals surface area (Å²) in [6.45, 7) is 3.83. The Hall–Kier alpha value is -0.870. The molecule has 1 fully saturated rings. The fourth-order valence-corrected chi connectivity index (χ4v) is 3.11. The molecule has 4 heteroatoms. The van der Waals surface area contributed by atoms with Crippen molar-refractivity contribution >= 4 is 5.97 Å². The molecule has 4 nitrogen and oxygen atoms in total. The molecule has 0 unspecified atom stereocenters. The third-order valence-corrected chi connectivity index (χ3v) is 4.90. The van der Waals surface area contributed by atoms with Crippen LogP contribution in [0.3, 0.4) is 0 Å². The molecule has 24 heavy (non-hydrogen) atoms. The van der Waals surface area contributed by atoms with E-state index in [1.54, 1.807) is 6.92 Å². The Morgan fingerprint density at radius 3 is 2.00 bits per heavy atom. The van der Waals surface area contributed by atoms with E-state index in [9.17, 15) is 9.90 Å². The summed E-state index contributed by atoms with van der Waals surface area (Å²) >= 11 is 0. The van der Waals surface area contributed by atoms with Crippen LogP contribution >= 0.6 is 0 Å². The maximum absolute atomic E-state index is 11.8. The first-order chi connectivity index (χ1) is 11.5. The Morgan fingerprint density at radius 1 is 1.04 bits per heavy atom. The molecule has 0 aromatic carbocycles. The topological polar surface area (TPSA) is 55.8 Å². The van der Waals surface area contributed by atoms with E-state index in [1.807, 2.05) is 6.08 Å². The van der Waals surface area contributed by atoms with Gasteiger partial charge in [-0.3, -0.25) is 0 Å². The maximum Gasteiger partial charge on any atom is 0.339 e. The molecular formula is C20H36O4. The monoisotopic (exact) mass is 340 g/mol. The minimum Gasteiger partial charge on any atom is -0.427 e. The first-order valence-corrected chi connectivity index (χ1v) is 9.71. The summed E-state index contributed by atoms with van der Waals surface area (Å²) in [5.74, 6) is -1.70. The number of unbranched alkanes of at least 4 members (excludes halogenated alkanes) is 11. The number of allylic oxidation sites excluding steroid dienone is 1. The quantitative estimate of drug-likeness (QED) is 0.294. The lowest BCUT2D eigenvalue weighted by Gasteiger charge is -2.23. The number of aliphatic hydroxyl groups excluding tert-OH is 1. The van der Waals surface area contributed by atoms with E-state index < -0.39 is 17.9 Å². The number of ether oxygens (including phenoxy) is 2. The van der Waals surface area contributed by atoms with E-state index in [4.69, 9.17) is 9.47 Å². The van der Waals surface area contributed by atoms with Crippen molar-refractivity contribution < 1.29 is 19.4 Å². The van der Waals surface area contributed by atoms with E-state index in [-0.39, 0.29) is 0 Å². The fourth-order valence-electron chi connectivity index (χ4n) is 3.11. The number of hydrogen-bond donors (Lipinski definition) is 1. The zero-order valence-corrected chi connectivity index (χ0v) is 15.8. The highest BCUT2D eigenvalue weighted by Crippen LogP contribution is 2.32. The molecule has 1 aliphatic heterocycles. The molecule has 0 radical (unpaired) electrons. The first kappa shape index (κ1) is 21.2. The summed E-state index contributed by atoms with van der Waals surface area (Å²) in [6, 6.07) is 0. The fraction of sp³-hybridized carbons (Fsp3) is 0.850. The van der Waals surface area contributed by atoms with Gasteiger partial charge in [0.25, 0.3) is 0 Å². The van der Waals surface area contributed by atoms with Gasteiger partial charge in [-0.2, -0.15) is 0 Å². The molecule has 140 valence electrons. The van der Waals surface area contributed by atoms with E-state index >= 15 is 0 Å². The van der Waals surface area contributed by atoms with Crippen molar-refractivity contribution in [2.75, 3.05) is 7.11 Å². The molecule has 0 aromatic heterocycles. The smallest absolute Gasteiger partial charge is 0.339 e. The SMILES string of the molecule is CCCCCCCCCCCCC/C=C1/C(=O)O[C@](C)(OC)[C@@H]1O. The van der Waals surface area contributed by atoms with Crippen molar-refractivity contribution in [2.45, 2.75) is 103 Å². The van der Waals surface area contributed by atoms with Gasteiger partial charge in [0.05, 0.1) is 5.57 Å². The van der Waals surface area contributed by atoms with Crippen LogP contribution in [0.4, 0.5) is 0 Å². The number of methoxy groups -OCH3 is 1. The van der Waals surface area contributed by atoms with Gasteiger partial charge < -0.3 is 14.6 Å². The van der Waals surface area contributed by atoms with Crippen LogP contribution < -0.4 is 0 Å². The zero-order valence-electron chi connectivity index (χ0n) is 15.8. The molecule has 1 aliphatic rings. The number of hydrogen-bond acceptors (Lipinski definition) is 4. The Bertz CT molecular complexity index is 391. The second-order valence-corrected chi connectivity index (χ2v) is 7.00. The largest absolute Gasteiger partial charge is 0.427 e. The summed E-state index contributed by atoms with van der Waals surface area (Å²) in [4.78, 5) is 11.8. The van der Waals surface area contributed by atoms with Gasteiger partial charge in [0, 0.05) is 14.0 Å². The molecule has 1 saturated heterocycles. The highest BCUT2D eigenvalue weighted by molar-refractivity contribution is 5.92. The molecule has 0 saturated carbocycles. The molecule has 0 spiro atoms. The lowest BCUT2D eigenvalue weighted by molar-refractivity contribution is -0.218. The molecule has 0 bridgehead atoms. The first-order valence-electron chi connectivity index (χ1n) is 9.71. The van der Waals surface area contributed by atoms with Crippen molar-refractivity contribution in [1.82, 2.24) is 0 Å². The molecule has 0 aliphatic carbocycles. The van der Waals surface area contributed by atoms with E-state index in [2.05, 4.69) is 6.92 Å². The van der Waals surface area contributed by atoms with Gasteiger partial charge in [-0.05, 0) is 12.8 Å². The molecule has 1 rings (SSSR count). The number of esters is 1. The van der Waals surface area contributed by atoms with Crippen molar-refractivity contribution in [2.24, 2.45) is 0 Å². The summed E-state index contributed by atoms with van der Waals surface area (Å²) in [5, 5.41) is 10.1. The Morgan fingerprint density at radius 2 is 1.54 bits per heavy atom. The summed E-state index contributed by atoms with van der Waals surface area (Å²) < 4.78 is 10.2. The van der Waals surface area contributed by atoms with Gasteiger partial charge in [-0.25, -0.2) is 4.79 Å². The van der Waals surface area contributed by atoms with Gasteiger partial charge >= 0.3 is 5.97 Å². The second-order valence-electron chi connectivity index (χ2n) is 7.00. The molecule has 0 aromatic rings. The van der Waals surface area contributed by atoms with E-state index in [0.29, 0.717) is 5.57 Å². The summed E-state index contributed by atoms with van der Waals surface area (Å²) in [6.07, 6.45) is 15.9. The van der Waals surface area contributed by atoms with Crippen LogP contribution in [0.15, 0.2) is 11.6 Å². The highest BCUT2D eigenvalue weighted by Gasteiger charge is 2.48. The average molecular weight is 341 g/mol. The molecular weight excluding hydrogens is 304 g/mol. The van der Waals surface area contributed by atoms with Crippen LogP contribution in [0.2, 0.25) is 0 Å². The van der Waals surface area contributed by atoms with E-state index in [1.165, 1.54) is 71.3 Å². The second kappa shape index (κ2) is 11.6. The number of rotatable bonds is 13. The third-order valence-electron chi connectivity index (χ3n) is 4.90. The Labute approximate surface area is 147 Å². The van der Waals surface area contributed by atoms with Crippen LogP contribution in [0.25, 0.3) is 0 Å². The standard InChI is InChI=1S/C20H36O4/c1-4-5-6-7-8-9-10-11-12-13-14-15-16-17-18(21)20(2,23-3)24-19(17)22/h16,18,21H,4-15H2,1-3H3/b17-16+/t18-,20+/m1/s1. The van der Waals surface area contributed by atoms with Crippen molar-refractivity contribution in [1.29, 1.82) is 0 Å². The van der Waals surface area contributed by atoms with Crippen LogP contribution in [-0.2, 0) is 14.3 Å². The van der Waals surface area contributed by atoms with Crippen molar-refractivity contribution in [3.05, 3.63) is 11.6 Å². The summed E-state index contributed by atoms with van der Waals surface area (Å²) in [5.41, 5.74) is 0.339. The lowest BCUT2D eigenvalue weighted by Crippen LogP contribution is -2.38. The predicted octanol–water partition coefficient (Wildman–Crippen LogP) is 4.89. The van der Waals surface area contributed by atoms with Crippen LogP contribution in [0.5, 0.6) is 0 Å². The van der Waals surface area contributed by atoms with Crippen molar-refractivity contribution in [3.8, 4) is 0 Å². The van der Waals surface area contributed by atoms with Crippen LogP contribution in [0.1, 0.15) is 90.9 Å². The van der Waals surface area contributed by atoms with Gasteiger partial charge in [0.15, 0.2) is 6.10 Å². The van der Waals surface area contributed by atoms with Crippen molar-refractivity contribution in [3.63, 3.8) is 0 Å². The zero-order chi connectivity index (χ0) is 17.8. The Kier molecular flexibility index (Phi) is 10.3. The third kappa shape index (κ3) is 6.94. The van der Waals surface area contributed by atoms with Gasteiger partial charge in [-0.15, -0.1) is 0 Å². The normalized spacial score (nSPS) is 25.4. The van der Waals surface area contributed by atoms with Gasteiger partial charge in [0.2, 0.25) is 5.79 Å². The molecule has 0 amide bonds. The average Bonchev–Trinajstić information content (AvgIpc) is 2.79. The van der Waals surface area contributed by atoms with Gasteiger partial charge in [-0.1, -0.05) is 77.2 Å². The predicted molar refractivity (Wildman–Crippen MR) is 96.7 cm³/mol. The van der Waals surface area contributed by atoms with E-state index in [0.717, 1.165) is 12.8 Å². The maximum atomic E-state index is 11.8. The Balaban J connectivity index is 2.05. The number of carbonyl (C=O) groups is 1.